The Morgan fingerprint density at radius 2 is 2.24 bits per heavy atom. The minimum Gasteiger partial charge on any atom is -0.307 e. The number of hydrogen-bond donors (Lipinski definition) is 3. The molecule has 88 valence electrons. The van der Waals surface area contributed by atoms with Crippen molar-refractivity contribution in [1.29, 1.82) is 0 Å². The number of nitrogens with two attached hydrogens (primary N) is 1. The van der Waals surface area contributed by atoms with E-state index in [1.165, 1.54) is 30.2 Å². The van der Waals surface area contributed by atoms with Gasteiger partial charge < -0.3 is 10.4 Å². The van der Waals surface area contributed by atoms with Crippen molar-refractivity contribution in [3.63, 3.8) is 0 Å². The number of H-pyrrole nitrogens is 1. The van der Waals surface area contributed by atoms with Gasteiger partial charge in [0.1, 0.15) is 0 Å². The fraction of sp³-hybridized carbons (Fsp3) is 0.111. The first kappa shape index (κ1) is 11.6. The van der Waals surface area contributed by atoms with Crippen LogP contribution < -0.4 is 16.8 Å². The lowest BCUT2D eigenvalue weighted by molar-refractivity contribution is 0.934. The van der Waals surface area contributed by atoms with Crippen molar-refractivity contribution in [2.24, 2.45) is 5.84 Å². The van der Waals surface area contributed by atoms with E-state index in [0.717, 1.165) is 5.69 Å². The Morgan fingerprint density at radius 3 is 2.88 bits per heavy atom. The molecule has 0 aliphatic rings. The van der Waals surface area contributed by atoms with Crippen molar-refractivity contribution >= 4 is 17.6 Å². The van der Waals surface area contributed by atoms with Crippen LogP contribution in [-0.2, 0) is 5.75 Å². The monoisotopic (exact) mass is 250 g/mol. The van der Waals surface area contributed by atoms with Gasteiger partial charge >= 0.3 is 0 Å². The van der Waals surface area contributed by atoms with Gasteiger partial charge in [-0.25, -0.2) is 15.8 Å². The highest BCUT2D eigenvalue weighted by atomic mass is 32.2. The SMILES string of the molecule is NNc1cnc(CSc2nccc(=O)[nH]2)cn1. The lowest BCUT2D eigenvalue weighted by Crippen LogP contribution is -2.09. The average molecular weight is 250 g/mol. The van der Waals surface area contributed by atoms with Gasteiger partial charge in [-0.3, -0.25) is 9.78 Å². The molecule has 4 N–H and O–H groups in total. The molecule has 2 heterocycles. The molecule has 0 radical (unpaired) electrons. The van der Waals surface area contributed by atoms with E-state index in [2.05, 4.69) is 25.4 Å². The minimum atomic E-state index is -0.170. The van der Waals surface area contributed by atoms with Gasteiger partial charge in [-0.15, -0.1) is 0 Å². The van der Waals surface area contributed by atoms with Crippen LogP contribution in [0.1, 0.15) is 5.69 Å². The Hall–Kier alpha value is -1.93. The molecule has 17 heavy (non-hydrogen) atoms. The van der Waals surface area contributed by atoms with Crippen molar-refractivity contribution < 1.29 is 0 Å². The van der Waals surface area contributed by atoms with Crippen molar-refractivity contribution in [2.45, 2.75) is 10.9 Å². The topological polar surface area (TPSA) is 110 Å². The molecule has 0 fully saturated rings. The summed E-state index contributed by atoms with van der Waals surface area (Å²) < 4.78 is 0. The third-order valence-electron chi connectivity index (χ3n) is 1.86. The maximum absolute atomic E-state index is 11.0. The van der Waals surface area contributed by atoms with E-state index in [1.54, 1.807) is 6.20 Å². The maximum Gasteiger partial charge on any atom is 0.251 e. The van der Waals surface area contributed by atoms with Gasteiger partial charge in [-0.2, -0.15) is 0 Å². The number of hydrazine groups is 1. The normalized spacial score (nSPS) is 10.2. The van der Waals surface area contributed by atoms with Crippen LogP contribution in [0, 0.1) is 0 Å². The van der Waals surface area contributed by atoms with Gasteiger partial charge in [0, 0.05) is 18.0 Å². The van der Waals surface area contributed by atoms with E-state index >= 15 is 0 Å². The van der Waals surface area contributed by atoms with Gasteiger partial charge in [-0.05, 0) is 0 Å². The quantitative estimate of drug-likeness (QED) is 0.306. The number of nitrogen functional groups attached to an aromatic ring is 1. The Kier molecular flexibility index (Phi) is 3.68. The van der Waals surface area contributed by atoms with Gasteiger partial charge in [0.15, 0.2) is 11.0 Å². The summed E-state index contributed by atoms with van der Waals surface area (Å²) in [6.45, 7) is 0. The third-order valence-corrected chi connectivity index (χ3v) is 2.78. The Labute approximate surface area is 101 Å². The first-order valence-electron chi connectivity index (χ1n) is 4.73. The molecule has 0 aromatic carbocycles. The van der Waals surface area contributed by atoms with Crippen molar-refractivity contribution in [2.75, 3.05) is 5.43 Å². The van der Waals surface area contributed by atoms with Crippen LogP contribution in [0.5, 0.6) is 0 Å². The second-order valence-electron chi connectivity index (χ2n) is 3.07. The minimum absolute atomic E-state index is 0.170. The Morgan fingerprint density at radius 1 is 1.35 bits per heavy atom. The average Bonchev–Trinajstić information content (AvgIpc) is 2.37. The molecule has 2 rings (SSSR count). The number of thioether (sulfide) groups is 1. The summed E-state index contributed by atoms with van der Waals surface area (Å²) in [5.74, 6) is 6.25. The van der Waals surface area contributed by atoms with Crippen LogP contribution in [0.25, 0.3) is 0 Å². The number of hydrogen-bond acceptors (Lipinski definition) is 7. The van der Waals surface area contributed by atoms with E-state index in [0.29, 0.717) is 16.7 Å². The summed E-state index contributed by atoms with van der Waals surface area (Å²) in [6, 6.07) is 1.37. The third kappa shape index (κ3) is 3.26. The molecule has 0 saturated heterocycles. The molecule has 0 spiro atoms. The molecule has 0 bridgehead atoms. The van der Waals surface area contributed by atoms with Crippen LogP contribution in [0.15, 0.2) is 34.6 Å². The second-order valence-corrected chi connectivity index (χ2v) is 4.03. The summed E-state index contributed by atoms with van der Waals surface area (Å²) in [4.78, 5) is 25.8. The van der Waals surface area contributed by atoms with Gasteiger partial charge in [0.2, 0.25) is 0 Å². The smallest absolute Gasteiger partial charge is 0.251 e. The standard InChI is InChI=1S/C9H10N6OS/c10-15-7-4-12-6(3-13-7)5-17-9-11-2-1-8(16)14-9/h1-4H,5,10H2,(H,13,15)(H,11,14,16). The molecule has 2 aromatic heterocycles. The number of nitrogens with one attached hydrogen (secondary N) is 2. The molecule has 0 aliphatic carbocycles. The van der Waals surface area contributed by atoms with E-state index in [4.69, 9.17) is 5.84 Å². The number of anilines is 1. The summed E-state index contributed by atoms with van der Waals surface area (Å²) in [6.07, 6.45) is 4.62. The maximum atomic E-state index is 11.0. The zero-order chi connectivity index (χ0) is 12.1. The van der Waals surface area contributed by atoms with Crippen LogP contribution in [-0.4, -0.2) is 19.9 Å². The van der Waals surface area contributed by atoms with E-state index in [-0.39, 0.29) is 5.56 Å². The van der Waals surface area contributed by atoms with Gasteiger partial charge in [0.25, 0.3) is 5.56 Å². The molecule has 0 unspecified atom stereocenters. The fourth-order valence-electron chi connectivity index (χ4n) is 1.07. The van der Waals surface area contributed by atoms with Gasteiger partial charge in [0.05, 0.1) is 18.1 Å². The molecule has 2 aromatic rings. The Bertz CT molecular complexity index is 540. The van der Waals surface area contributed by atoms with Crippen molar-refractivity contribution in [3.05, 3.63) is 40.7 Å². The zero-order valence-corrected chi connectivity index (χ0v) is 9.57. The van der Waals surface area contributed by atoms with Crippen molar-refractivity contribution in [1.82, 2.24) is 19.9 Å². The second kappa shape index (κ2) is 5.41. The predicted molar refractivity (Wildman–Crippen MR) is 64.3 cm³/mol. The van der Waals surface area contributed by atoms with Gasteiger partial charge in [-0.1, -0.05) is 11.8 Å². The van der Waals surface area contributed by atoms with E-state index < -0.39 is 0 Å². The molecule has 0 atom stereocenters. The lowest BCUT2D eigenvalue weighted by atomic mass is 10.5. The van der Waals surface area contributed by atoms with Crippen LogP contribution >= 0.6 is 11.8 Å². The Balaban J connectivity index is 1.99. The highest BCUT2D eigenvalue weighted by Crippen LogP contribution is 2.15. The first-order chi connectivity index (χ1) is 8.28. The fourth-order valence-corrected chi connectivity index (χ4v) is 1.81. The molecule has 0 aliphatic heterocycles. The van der Waals surface area contributed by atoms with E-state index in [9.17, 15) is 4.79 Å². The summed E-state index contributed by atoms with van der Waals surface area (Å²) >= 11 is 1.38. The predicted octanol–water partition coefficient (Wildman–Crippen LogP) is 0.138. The highest BCUT2D eigenvalue weighted by molar-refractivity contribution is 7.98. The number of nitrogens with zero attached hydrogens (tertiary/aromatic N) is 3. The van der Waals surface area contributed by atoms with Crippen LogP contribution in [0.3, 0.4) is 0 Å². The van der Waals surface area contributed by atoms with Crippen molar-refractivity contribution in [3.8, 4) is 0 Å². The molecule has 0 amide bonds. The molecule has 0 saturated carbocycles. The zero-order valence-electron chi connectivity index (χ0n) is 8.75. The lowest BCUT2D eigenvalue weighted by Gasteiger charge is -2.01. The van der Waals surface area contributed by atoms with Crippen LogP contribution in [0.2, 0.25) is 0 Å². The largest absolute Gasteiger partial charge is 0.307 e. The number of rotatable bonds is 4. The molecule has 8 heteroatoms. The van der Waals surface area contributed by atoms with E-state index in [1.807, 2.05) is 0 Å². The first-order valence-corrected chi connectivity index (χ1v) is 5.72. The number of aromatic nitrogens is 4. The molecular weight excluding hydrogens is 240 g/mol. The number of aromatic amines is 1. The summed E-state index contributed by atoms with van der Waals surface area (Å²) in [7, 11) is 0. The van der Waals surface area contributed by atoms with Crippen LogP contribution in [0.4, 0.5) is 5.82 Å². The summed E-state index contributed by atoms with van der Waals surface area (Å²) in [5, 5.41) is 0.556. The molecule has 7 nitrogen and oxygen atoms in total. The highest BCUT2D eigenvalue weighted by Gasteiger charge is 2.00. The summed E-state index contributed by atoms with van der Waals surface area (Å²) in [5.41, 5.74) is 3.00. The molecular formula is C9H10N6OS.